The number of hydrogen-bond donors (Lipinski definition) is 3. The summed E-state index contributed by atoms with van der Waals surface area (Å²) < 4.78 is 0. The Hall–Kier alpha value is -2.64. The lowest BCUT2D eigenvalue weighted by Crippen LogP contribution is -2.30. The number of phenolic OH excluding ortho intramolecular Hbond substituents is 1. The van der Waals surface area contributed by atoms with Crippen LogP contribution in [0.15, 0.2) is 18.2 Å². The highest BCUT2D eigenvalue weighted by Gasteiger charge is 2.38. The van der Waals surface area contributed by atoms with Crippen LogP contribution in [-0.4, -0.2) is 27.0 Å². The van der Waals surface area contributed by atoms with Gasteiger partial charge in [0, 0.05) is 6.07 Å². The van der Waals surface area contributed by atoms with Crippen molar-refractivity contribution < 1.29 is 24.7 Å². The maximum Gasteiger partial charge on any atom is 0.307 e. The Balaban J connectivity index is 2.24. The van der Waals surface area contributed by atoms with Crippen LogP contribution in [0.1, 0.15) is 19.3 Å². The zero-order chi connectivity index (χ0) is 15.6. The minimum atomic E-state index is -1.06. The molecule has 0 bridgehead atoms. The minimum absolute atomic E-state index is 0.302. The molecule has 0 heterocycles. The van der Waals surface area contributed by atoms with Crippen molar-refractivity contribution in [3.63, 3.8) is 0 Å². The molecule has 1 aliphatic rings. The highest BCUT2D eigenvalue weighted by Crippen LogP contribution is 2.37. The van der Waals surface area contributed by atoms with Crippen LogP contribution in [0.3, 0.4) is 0 Å². The number of carboxylic acids is 1. The fourth-order valence-electron chi connectivity index (χ4n) is 2.59. The Kier molecular flexibility index (Phi) is 4.06. The molecular weight excluding hydrogens is 280 g/mol. The van der Waals surface area contributed by atoms with Crippen molar-refractivity contribution in [1.82, 2.24) is 0 Å². The Morgan fingerprint density at radius 1 is 1.29 bits per heavy atom. The van der Waals surface area contributed by atoms with Gasteiger partial charge in [-0.25, -0.2) is 0 Å². The zero-order valence-corrected chi connectivity index (χ0v) is 11.0. The smallest absolute Gasteiger partial charge is 0.307 e. The summed E-state index contributed by atoms with van der Waals surface area (Å²) in [5.41, 5.74) is -0.739. The number of amides is 1. The van der Waals surface area contributed by atoms with Gasteiger partial charge in [-0.15, -0.1) is 0 Å². The molecule has 1 saturated carbocycles. The van der Waals surface area contributed by atoms with Crippen LogP contribution in [0.5, 0.6) is 5.75 Å². The van der Waals surface area contributed by atoms with Gasteiger partial charge in [0.15, 0.2) is 5.69 Å². The van der Waals surface area contributed by atoms with E-state index in [9.17, 15) is 24.8 Å². The molecule has 0 aliphatic heterocycles. The number of rotatable bonds is 4. The number of nitrogens with zero attached hydrogens (tertiary/aromatic N) is 1. The van der Waals surface area contributed by atoms with Gasteiger partial charge in [-0.2, -0.15) is 0 Å². The lowest BCUT2D eigenvalue weighted by Gasteiger charge is -2.16. The van der Waals surface area contributed by atoms with Gasteiger partial charge < -0.3 is 15.5 Å². The number of para-hydroxylation sites is 1. The van der Waals surface area contributed by atoms with E-state index in [1.165, 1.54) is 12.1 Å². The maximum absolute atomic E-state index is 12.1. The first-order chi connectivity index (χ1) is 9.91. The number of carbonyl (C=O) groups excluding carboxylic acids is 1. The number of aromatic hydroxyl groups is 1. The standard InChI is InChI=1S/C13H14N2O6/c16-10-6-2-5-9(15(20)21)11(10)14-12(17)7-3-1-4-8(7)13(18)19/h2,5-8,16H,1,3-4H2,(H,14,17)(H,18,19)/t7-,8+/m1/s1. The van der Waals surface area contributed by atoms with E-state index in [1.54, 1.807) is 0 Å². The van der Waals surface area contributed by atoms with Crippen LogP contribution in [-0.2, 0) is 9.59 Å². The second kappa shape index (κ2) is 5.78. The average Bonchev–Trinajstić information content (AvgIpc) is 2.90. The lowest BCUT2D eigenvalue weighted by atomic mass is 9.95. The summed E-state index contributed by atoms with van der Waals surface area (Å²) in [6.45, 7) is 0. The van der Waals surface area contributed by atoms with Gasteiger partial charge in [-0.05, 0) is 18.9 Å². The quantitative estimate of drug-likeness (QED) is 0.440. The molecule has 1 aliphatic carbocycles. The number of nitro benzene ring substituents is 1. The normalized spacial score (nSPS) is 21.0. The van der Waals surface area contributed by atoms with E-state index in [4.69, 9.17) is 5.11 Å². The fourth-order valence-corrected chi connectivity index (χ4v) is 2.59. The molecule has 21 heavy (non-hydrogen) atoms. The van der Waals surface area contributed by atoms with Gasteiger partial charge in [0.05, 0.1) is 16.8 Å². The Labute approximate surface area is 119 Å². The topological polar surface area (TPSA) is 130 Å². The Morgan fingerprint density at radius 3 is 2.57 bits per heavy atom. The van der Waals surface area contributed by atoms with Crippen LogP contribution in [0.4, 0.5) is 11.4 Å². The van der Waals surface area contributed by atoms with Crippen LogP contribution in [0.2, 0.25) is 0 Å². The first-order valence-corrected chi connectivity index (χ1v) is 6.42. The van der Waals surface area contributed by atoms with E-state index < -0.39 is 40.1 Å². The number of hydrogen-bond acceptors (Lipinski definition) is 5. The van der Waals surface area contributed by atoms with Crippen molar-refractivity contribution in [1.29, 1.82) is 0 Å². The van der Waals surface area contributed by atoms with E-state index in [-0.39, 0.29) is 5.69 Å². The van der Waals surface area contributed by atoms with Crippen LogP contribution >= 0.6 is 0 Å². The van der Waals surface area contributed by atoms with Crippen molar-refractivity contribution in [2.45, 2.75) is 19.3 Å². The first kappa shape index (κ1) is 14.8. The fraction of sp³-hybridized carbons (Fsp3) is 0.385. The largest absolute Gasteiger partial charge is 0.505 e. The third-order valence-corrected chi connectivity index (χ3v) is 3.64. The monoisotopic (exact) mass is 294 g/mol. The summed E-state index contributed by atoms with van der Waals surface area (Å²) in [5, 5.41) is 31.9. The molecule has 2 atom stereocenters. The summed E-state index contributed by atoms with van der Waals surface area (Å²) >= 11 is 0. The van der Waals surface area contributed by atoms with Gasteiger partial charge in [0.1, 0.15) is 5.75 Å². The van der Waals surface area contributed by atoms with Gasteiger partial charge in [0.25, 0.3) is 5.69 Å². The molecule has 8 heteroatoms. The Bertz CT molecular complexity index is 600. The van der Waals surface area contributed by atoms with Crippen LogP contribution in [0, 0.1) is 22.0 Å². The van der Waals surface area contributed by atoms with Gasteiger partial charge >= 0.3 is 5.97 Å². The summed E-state index contributed by atoms with van der Waals surface area (Å²) in [5.74, 6) is -3.65. The SMILES string of the molecule is O=C(O)[C@H]1CCC[C@H]1C(=O)Nc1c(O)cccc1[N+](=O)[O-]. The predicted molar refractivity (Wildman–Crippen MR) is 71.9 cm³/mol. The van der Waals surface area contributed by atoms with Crippen molar-refractivity contribution in [2.75, 3.05) is 5.32 Å². The third-order valence-electron chi connectivity index (χ3n) is 3.64. The molecule has 0 unspecified atom stereocenters. The molecule has 0 saturated heterocycles. The lowest BCUT2D eigenvalue weighted by molar-refractivity contribution is -0.384. The van der Waals surface area contributed by atoms with Crippen molar-refractivity contribution in [3.8, 4) is 5.75 Å². The number of carbonyl (C=O) groups is 2. The van der Waals surface area contributed by atoms with Gasteiger partial charge in [-0.1, -0.05) is 12.5 Å². The molecule has 1 fully saturated rings. The zero-order valence-electron chi connectivity index (χ0n) is 11.0. The molecule has 2 rings (SSSR count). The highest BCUT2D eigenvalue weighted by atomic mass is 16.6. The summed E-state index contributed by atoms with van der Waals surface area (Å²) in [4.78, 5) is 33.4. The van der Waals surface area contributed by atoms with Crippen molar-refractivity contribution in [3.05, 3.63) is 28.3 Å². The minimum Gasteiger partial charge on any atom is -0.505 e. The first-order valence-electron chi connectivity index (χ1n) is 6.42. The number of benzene rings is 1. The summed E-state index contributed by atoms with van der Waals surface area (Å²) in [7, 11) is 0. The molecular formula is C13H14N2O6. The van der Waals surface area contributed by atoms with Gasteiger partial charge in [-0.3, -0.25) is 19.7 Å². The molecule has 0 radical (unpaired) electrons. The molecule has 1 aromatic carbocycles. The van der Waals surface area contributed by atoms with Crippen molar-refractivity contribution in [2.24, 2.45) is 11.8 Å². The average molecular weight is 294 g/mol. The number of carboxylic acid groups (broad SMARTS) is 1. The second-order valence-electron chi connectivity index (χ2n) is 4.90. The van der Waals surface area contributed by atoms with E-state index in [2.05, 4.69) is 5.32 Å². The molecule has 112 valence electrons. The predicted octanol–water partition coefficient (Wildman–Crippen LogP) is 1.74. The molecule has 0 aromatic heterocycles. The molecule has 1 aromatic rings. The van der Waals surface area contributed by atoms with E-state index >= 15 is 0 Å². The number of nitro groups is 1. The Morgan fingerprint density at radius 2 is 1.95 bits per heavy atom. The van der Waals surface area contributed by atoms with Gasteiger partial charge in [0.2, 0.25) is 5.91 Å². The number of nitrogens with one attached hydrogen (secondary N) is 1. The van der Waals surface area contributed by atoms with E-state index in [0.717, 1.165) is 6.07 Å². The maximum atomic E-state index is 12.1. The number of phenols is 1. The number of anilines is 1. The van der Waals surface area contributed by atoms with Crippen LogP contribution in [0.25, 0.3) is 0 Å². The molecule has 1 amide bonds. The van der Waals surface area contributed by atoms with Crippen molar-refractivity contribution >= 4 is 23.3 Å². The molecule has 8 nitrogen and oxygen atoms in total. The summed E-state index contributed by atoms with van der Waals surface area (Å²) in [6.07, 6.45) is 1.42. The molecule has 3 N–H and O–H groups in total. The second-order valence-corrected chi connectivity index (χ2v) is 4.90. The summed E-state index contributed by atoms with van der Waals surface area (Å²) in [6, 6.07) is 3.66. The van der Waals surface area contributed by atoms with E-state index in [1.807, 2.05) is 0 Å². The van der Waals surface area contributed by atoms with Crippen LogP contribution < -0.4 is 5.32 Å². The van der Waals surface area contributed by atoms with E-state index in [0.29, 0.717) is 19.3 Å². The third kappa shape index (κ3) is 2.93. The highest BCUT2D eigenvalue weighted by molar-refractivity contribution is 5.98. The number of aliphatic carboxylic acids is 1. The molecule has 0 spiro atoms.